The topological polar surface area (TPSA) is 50.7 Å². The summed E-state index contributed by atoms with van der Waals surface area (Å²) in [4.78, 5) is 0. The quantitative estimate of drug-likeness (QED) is 0.762. The third kappa shape index (κ3) is 3.70. The number of ether oxygens (including phenoxy) is 2. The van der Waals surface area contributed by atoms with Crippen LogP contribution in [0.4, 0.5) is 0 Å². The van der Waals surface area contributed by atoms with Crippen LogP contribution in [0, 0.1) is 13.8 Å². The van der Waals surface area contributed by atoms with Gasteiger partial charge < -0.3 is 19.9 Å². The Balaban J connectivity index is 2.64. The number of aryl methyl sites for hydroxylation is 2. The number of nitrogens with one attached hydrogen (secondary N) is 1. The summed E-state index contributed by atoms with van der Waals surface area (Å²) in [6.45, 7) is 6.54. The molecule has 4 heteroatoms. The molecule has 0 aliphatic heterocycles. The first-order valence-electron chi connectivity index (χ1n) is 6.07. The van der Waals surface area contributed by atoms with Crippen LogP contribution in [0.1, 0.15) is 23.6 Å². The normalized spacial score (nSPS) is 13.0. The average molecular weight is 253 g/mol. The van der Waals surface area contributed by atoms with Crippen LogP contribution in [0.5, 0.6) is 5.75 Å². The SMILES string of the molecule is COC(OC)C(C)NCc1cc(C)c(O)c(C)c1. The van der Waals surface area contributed by atoms with E-state index in [-0.39, 0.29) is 12.3 Å². The highest BCUT2D eigenvalue weighted by molar-refractivity contribution is 5.42. The van der Waals surface area contributed by atoms with Crippen LogP contribution in [0.25, 0.3) is 0 Å². The Morgan fingerprint density at radius 1 is 1.17 bits per heavy atom. The van der Waals surface area contributed by atoms with Crippen LogP contribution in [-0.2, 0) is 16.0 Å². The van der Waals surface area contributed by atoms with Crippen LogP contribution in [0.15, 0.2) is 12.1 Å². The molecule has 0 amide bonds. The van der Waals surface area contributed by atoms with Gasteiger partial charge in [-0.1, -0.05) is 12.1 Å². The van der Waals surface area contributed by atoms with Crippen molar-refractivity contribution in [3.63, 3.8) is 0 Å². The Kier molecular flexibility index (Phi) is 5.59. The van der Waals surface area contributed by atoms with Crippen LogP contribution >= 0.6 is 0 Å². The molecule has 0 radical (unpaired) electrons. The molecule has 0 heterocycles. The summed E-state index contributed by atoms with van der Waals surface area (Å²) in [7, 11) is 3.25. The van der Waals surface area contributed by atoms with Crippen molar-refractivity contribution in [1.82, 2.24) is 5.32 Å². The lowest BCUT2D eigenvalue weighted by atomic mass is 10.1. The highest BCUT2D eigenvalue weighted by Crippen LogP contribution is 2.22. The minimum Gasteiger partial charge on any atom is -0.507 e. The Hall–Kier alpha value is -1.10. The fraction of sp³-hybridized carbons (Fsp3) is 0.571. The lowest BCUT2D eigenvalue weighted by molar-refractivity contribution is -0.119. The number of hydrogen-bond acceptors (Lipinski definition) is 4. The second-order valence-corrected chi connectivity index (χ2v) is 4.59. The zero-order valence-corrected chi connectivity index (χ0v) is 11.8. The Bertz CT molecular complexity index is 366. The molecule has 1 aromatic carbocycles. The van der Waals surface area contributed by atoms with E-state index in [9.17, 15) is 5.11 Å². The molecule has 4 nitrogen and oxygen atoms in total. The van der Waals surface area contributed by atoms with Crippen molar-refractivity contribution in [1.29, 1.82) is 0 Å². The van der Waals surface area contributed by atoms with E-state index in [0.717, 1.165) is 16.7 Å². The molecule has 0 bridgehead atoms. The van der Waals surface area contributed by atoms with E-state index >= 15 is 0 Å². The summed E-state index contributed by atoms with van der Waals surface area (Å²) in [6.07, 6.45) is -0.260. The first kappa shape index (κ1) is 15.0. The molecule has 1 rings (SSSR count). The molecule has 0 aromatic heterocycles. The first-order chi connectivity index (χ1) is 8.49. The third-order valence-electron chi connectivity index (χ3n) is 3.05. The van der Waals surface area contributed by atoms with Crippen LogP contribution in [-0.4, -0.2) is 31.7 Å². The minimum absolute atomic E-state index is 0.0921. The lowest BCUT2D eigenvalue weighted by Gasteiger charge is -2.22. The predicted molar refractivity (Wildman–Crippen MR) is 71.7 cm³/mol. The summed E-state index contributed by atoms with van der Waals surface area (Å²) in [5.74, 6) is 0.374. The summed E-state index contributed by atoms with van der Waals surface area (Å²) in [6, 6.07) is 4.06. The number of phenols is 1. The van der Waals surface area contributed by atoms with Crippen molar-refractivity contribution in [3.8, 4) is 5.75 Å². The van der Waals surface area contributed by atoms with Crippen molar-refractivity contribution in [2.75, 3.05) is 14.2 Å². The number of benzene rings is 1. The highest BCUT2D eigenvalue weighted by Gasteiger charge is 2.15. The van der Waals surface area contributed by atoms with Gasteiger partial charge in [-0.15, -0.1) is 0 Å². The molecule has 1 atom stereocenters. The molecule has 0 saturated heterocycles. The second-order valence-electron chi connectivity index (χ2n) is 4.59. The van der Waals surface area contributed by atoms with Crippen molar-refractivity contribution < 1.29 is 14.6 Å². The van der Waals surface area contributed by atoms with E-state index in [4.69, 9.17) is 9.47 Å². The molecule has 1 unspecified atom stereocenters. The zero-order chi connectivity index (χ0) is 13.7. The fourth-order valence-corrected chi connectivity index (χ4v) is 2.03. The first-order valence-corrected chi connectivity index (χ1v) is 6.07. The van der Waals surface area contributed by atoms with Crippen LogP contribution in [0.2, 0.25) is 0 Å². The molecular weight excluding hydrogens is 230 g/mol. The van der Waals surface area contributed by atoms with Gasteiger partial charge in [0.15, 0.2) is 6.29 Å². The van der Waals surface area contributed by atoms with Crippen molar-refractivity contribution >= 4 is 0 Å². The van der Waals surface area contributed by atoms with Gasteiger partial charge in [-0.05, 0) is 37.5 Å². The molecule has 2 N–H and O–H groups in total. The average Bonchev–Trinajstić information content (AvgIpc) is 2.34. The van der Waals surface area contributed by atoms with E-state index in [2.05, 4.69) is 5.32 Å². The zero-order valence-electron chi connectivity index (χ0n) is 11.8. The molecule has 102 valence electrons. The Morgan fingerprint density at radius 2 is 1.67 bits per heavy atom. The van der Waals surface area contributed by atoms with Crippen molar-refractivity contribution in [2.45, 2.75) is 39.6 Å². The maximum atomic E-state index is 9.71. The van der Waals surface area contributed by atoms with Gasteiger partial charge in [0.2, 0.25) is 0 Å². The summed E-state index contributed by atoms with van der Waals surface area (Å²) < 4.78 is 10.4. The van der Waals surface area contributed by atoms with Gasteiger partial charge in [-0.25, -0.2) is 0 Å². The Labute approximate surface area is 109 Å². The number of aromatic hydroxyl groups is 1. The number of methoxy groups -OCH3 is 2. The van der Waals surface area contributed by atoms with Crippen molar-refractivity contribution in [3.05, 3.63) is 28.8 Å². The van der Waals surface area contributed by atoms with E-state index in [1.54, 1.807) is 14.2 Å². The van der Waals surface area contributed by atoms with E-state index in [1.165, 1.54) is 0 Å². The van der Waals surface area contributed by atoms with Gasteiger partial charge >= 0.3 is 0 Å². The Morgan fingerprint density at radius 3 is 2.11 bits per heavy atom. The number of phenolic OH excluding ortho intramolecular Hbond substituents is 1. The van der Waals surface area contributed by atoms with Gasteiger partial charge in [-0.2, -0.15) is 0 Å². The molecule has 0 fully saturated rings. The highest BCUT2D eigenvalue weighted by atomic mass is 16.7. The smallest absolute Gasteiger partial charge is 0.171 e. The fourth-order valence-electron chi connectivity index (χ4n) is 2.03. The molecule has 0 saturated carbocycles. The standard InChI is InChI=1S/C14H23NO3/c1-9-6-12(7-10(2)13(9)16)8-15-11(3)14(17-4)18-5/h6-7,11,14-16H,8H2,1-5H3. The van der Waals surface area contributed by atoms with E-state index in [1.807, 2.05) is 32.9 Å². The third-order valence-corrected chi connectivity index (χ3v) is 3.05. The van der Waals surface area contributed by atoms with E-state index in [0.29, 0.717) is 12.3 Å². The van der Waals surface area contributed by atoms with Crippen molar-refractivity contribution in [2.24, 2.45) is 0 Å². The van der Waals surface area contributed by atoms with Crippen LogP contribution < -0.4 is 5.32 Å². The summed E-state index contributed by atoms with van der Waals surface area (Å²) in [5, 5.41) is 13.1. The summed E-state index contributed by atoms with van der Waals surface area (Å²) >= 11 is 0. The molecule has 0 aliphatic carbocycles. The van der Waals surface area contributed by atoms with Gasteiger partial charge in [0.25, 0.3) is 0 Å². The number of hydrogen-bond donors (Lipinski definition) is 2. The molecule has 0 aliphatic rings. The van der Waals surface area contributed by atoms with Gasteiger partial charge in [0.05, 0.1) is 6.04 Å². The minimum atomic E-state index is -0.260. The lowest BCUT2D eigenvalue weighted by Crippen LogP contribution is -2.39. The maximum Gasteiger partial charge on any atom is 0.171 e. The van der Waals surface area contributed by atoms with E-state index < -0.39 is 0 Å². The van der Waals surface area contributed by atoms with Gasteiger partial charge in [0, 0.05) is 20.8 Å². The van der Waals surface area contributed by atoms with Crippen LogP contribution in [0.3, 0.4) is 0 Å². The molecule has 1 aromatic rings. The maximum absolute atomic E-state index is 9.71. The second kappa shape index (κ2) is 6.73. The monoisotopic (exact) mass is 253 g/mol. The number of rotatable bonds is 6. The molecule has 18 heavy (non-hydrogen) atoms. The van der Waals surface area contributed by atoms with Gasteiger partial charge in [0.1, 0.15) is 5.75 Å². The largest absolute Gasteiger partial charge is 0.507 e. The molecular formula is C14H23NO3. The summed E-state index contributed by atoms with van der Waals surface area (Å²) in [5.41, 5.74) is 2.93. The van der Waals surface area contributed by atoms with Gasteiger partial charge in [-0.3, -0.25) is 0 Å². The predicted octanol–water partition coefficient (Wildman–Crippen LogP) is 2.11. The molecule has 0 spiro atoms.